The largest absolute Gasteiger partial charge is 0.468 e. The molecular formula is C20H18FN3O4S. The normalized spacial score (nSPS) is 15.9. The van der Waals surface area contributed by atoms with Crippen LogP contribution in [0.2, 0.25) is 0 Å². The molecule has 3 rings (SSSR count). The fraction of sp³-hybridized carbons (Fsp3) is 0.200. The monoisotopic (exact) mass is 415 g/mol. The SMILES string of the molecule is COC(=O)CN(C(=S)Nc1ccccc1)C1CC(=O)N(c2ccc(F)cc2)C1=O. The summed E-state index contributed by atoms with van der Waals surface area (Å²) in [6.07, 6.45) is -0.177. The average molecular weight is 415 g/mol. The number of methoxy groups -OCH3 is 1. The van der Waals surface area contributed by atoms with Crippen LogP contribution in [0.1, 0.15) is 6.42 Å². The van der Waals surface area contributed by atoms with E-state index in [0.29, 0.717) is 5.69 Å². The molecule has 9 heteroatoms. The number of thiocarbonyl (C=S) groups is 1. The van der Waals surface area contributed by atoms with E-state index in [1.54, 1.807) is 24.3 Å². The quantitative estimate of drug-likeness (QED) is 0.456. The number of benzene rings is 2. The number of hydrogen-bond donors (Lipinski definition) is 1. The number of esters is 1. The summed E-state index contributed by atoms with van der Waals surface area (Å²) in [5.74, 6) is -2.11. The summed E-state index contributed by atoms with van der Waals surface area (Å²) in [4.78, 5) is 39.7. The highest BCUT2D eigenvalue weighted by Crippen LogP contribution is 2.26. The number of rotatable bonds is 5. The van der Waals surface area contributed by atoms with Crippen molar-refractivity contribution in [1.82, 2.24) is 4.90 Å². The number of hydrogen-bond acceptors (Lipinski definition) is 5. The minimum Gasteiger partial charge on any atom is -0.468 e. The van der Waals surface area contributed by atoms with Gasteiger partial charge in [0.15, 0.2) is 5.11 Å². The minimum atomic E-state index is -0.990. The third kappa shape index (κ3) is 4.57. The lowest BCUT2D eigenvalue weighted by atomic mass is 10.2. The van der Waals surface area contributed by atoms with Crippen LogP contribution in [0.4, 0.5) is 15.8 Å². The molecule has 2 amide bonds. The lowest BCUT2D eigenvalue weighted by Crippen LogP contribution is -2.49. The van der Waals surface area contributed by atoms with Crippen molar-refractivity contribution < 1.29 is 23.5 Å². The zero-order valence-electron chi connectivity index (χ0n) is 15.5. The van der Waals surface area contributed by atoms with E-state index < -0.39 is 29.6 Å². The van der Waals surface area contributed by atoms with Crippen LogP contribution in [0.5, 0.6) is 0 Å². The molecule has 1 unspecified atom stereocenters. The van der Waals surface area contributed by atoms with Gasteiger partial charge in [0, 0.05) is 5.69 Å². The first-order valence-electron chi connectivity index (χ1n) is 8.72. The van der Waals surface area contributed by atoms with Gasteiger partial charge in [0.1, 0.15) is 18.4 Å². The van der Waals surface area contributed by atoms with Gasteiger partial charge in [-0.2, -0.15) is 0 Å². The van der Waals surface area contributed by atoms with Crippen molar-refractivity contribution in [1.29, 1.82) is 0 Å². The highest BCUT2D eigenvalue weighted by Gasteiger charge is 2.44. The molecule has 0 bridgehead atoms. The van der Waals surface area contributed by atoms with Crippen LogP contribution in [0, 0.1) is 5.82 Å². The third-order valence-electron chi connectivity index (χ3n) is 4.40. The number of nitrogens with zero attached hydrogens (tertiary/aromatic N) is 2. The number of amides is 2. The Morgan fingerprint density at radius 1 is 1.21 bits per heavy atom. The van der Waals surface area contributed by atoms with E-state index in [4.69, 9.17) is 17.0 Å². The minimum absolute atomic E-state index is 0.105. The molecule has 0 spiro atoms. The molecular weight excluding hydrogens is 397 g/mol. The molecule has 1 heterocycles. The first kappa shape index (κ1) is 20.4. The van der Waals surface area contributed by atoms with Crippen molar-refractivity contribution in [2.75, 3.05) is 23.9 Å². The van der Waals surface area contributed by atoms with E-state index in [1.165, 1.54) is 24.1 Å². The maximum absolute atomic E-state index is 13.2. The van der Waals surface area contributed by atoms with Gasteiger partial charge in [-0.25, -0.2) is 9.29 Å². The van der Waals surface area contributed by atoms with Crippen LogP contribution in [-0.4, -0.2) is 47.5 Å². The number of ether oxygens (including phenoxy) is 1. The summed E-state index contributed by atoms with van der Waals surface area (Å²) in [6.45, 7) is -0.309. The Balaban J connectivity index is 1.86. The second kappa shape index (κ2) is 8.78. The fourth-order valence-corrected chi connectivity index (χ4v) is 3.27. The van der Waals surface area contributed by atoms with Crippen LogP contribution in [0.15, 0.2) is 54.6 Å². The van der Waals surface area contributed by atoms with Crippen LogP contribution in [0.25, 0.3) is 0 Å². The number of nitrogens with one attached hydrogen (secondary N) is 1. The molecule has 2 aromatic rings. The molecule has 1 aliphatic heterocycles. The first-order chi connectivity index (χ1) is 13.9. The highest BCUT2D eigenvalue weighted by molar-refractivity contribution is 7.80. The molecule has 0 aliphatic carbocycles. The molecule has 0 aromatic heterocycles. The number of imide groups is 1. The van der Waals surface area contributed by atoms with E-state index in [0.717, 1.165) is 17.0 Å². The Kier molecular flexibility index (Phi) is 6.18. The second-order valence-electron chi connectivity index (χ2n) is 6.26. The maximum atomic E-state index is 13.2. The van der Waals surface area contributed by atoms with E-state index >= 15 is 0 Å². The number of anilines is 2. The van der Waals surface area contributed by atoms with E-state index in [9.17, 15) is 18.8 Å². The van der Waals surface area contributed by atoms with E-state index in [2.05, 4.69) is 5.32 Å². The molecule has 0 radical (unpaired) electrons. The summed E-state index contributed by atoms with van der Waals surface area (Å²) in [7, 11) is 1.22. The number of para-hydroxylation sites is 1. The maximum Gasteiger partial charge on any atom is 0.325 e. The Morgan fingerprint density at radius 3 is 2.48 bits per heavy atom. The summed E-state index contributed by atoms with van der Waals surface area (Å²) < 4.78 is 17.9. The van der Waals surface area contributed by atoms with Crippen LogP contribution < -0.4 is 10.2 Å². The average Bonchev–Trinajstić information content (AvgIpc) is 3.01. The van der Waals surface area contributed by atoms with Crippen molar-refractivity contribution >= 4 is 46.5 Å². The van der Waals surface area contributed by atoms with Crippen molar-refractivity contribution in [2.45, 2.75) is 12.5 Å². The summed E-state index contributed by atoms with van der Waals surface area (Å²) in [5.41, 5.74) is 0.920. The molecule has 1 aliphatic rings. The van der Waals surface area contributed by atoms with E-state index in [-0.39, 0.29) is 23.8 Å². The molecule has 29 heavy (non-hydrogen) atoms. The van der Waals surface area contributed by atoms with Gasteiger partial charge >= 0.3 is 5.97 Å². The number of carbonyl (C=O) groups is 3. The zero-order chi connectivity index (χ0) is 21.0. The lowest BCUT2D eigenvalue weighted by molar-refractivity contribution is -0.141. The van der Waals surface area contributed by atoms with Crippen molar-refractivity contribution in [2.24, 2.45) is 0 Å². The van der Waals surface area contributed by atoms with Crippen molar-refractivity contribution in [3.8, 4) is 0 Å². The van der Waals surface area contributed by atoms with Crippen LogP contribution >= 0.6 is 12.2 Å². The fourth-order valence-electron chi connectivity index (χ4n) is 2.96. The zero-order valence-corrected chi connectivity index (χ0v) is 16.3. The van der Waals surface area contributed by atoms with Gasteiger partial charge < -0.3 is 15.0 Å². The topological polar surface area (TPSA) is 79.0 Å². The number of halogens is 1. The summed E-state index contributed by atoms with van der Waals surface area (Å²) >= 11 is 5.40. The Morgan fingerprint density at radius 2 is 1.86 bits per heavy atom. The number of carbonyl (C=O) groups excluding carboxylic acids is 3. The predicted molar refractivity (Wildman–Crippen MR) is 109 cm³/mol. The molecule has 1 atom stereocenters. The highest BCUT2D eigenvalue weighted by atomic mass is 32.1. The molecule has 2 aromatic carbocycles. The van der Waals surface area contributed by atoms with Gasteiger partial charge in [0.2, 0.25) is 5.91 Å². The summed E-state index contributed by atoms with van der Waals surface area (Å²) in [6, 6.07) is 13.0. The van der Waals surface area contributed by atoms with Crippen LogP contribution in [0.3, 0.4) is 0 Å². The second-order valence-corrected chi connectivity index (χ2v) is 6.65. The van der Waals surface area contributed by atoms with Crippen molar-refractivity contribution in [3.05, 3.63) is 60.4 Å². The van der Waals surface area contributed by atoms with Gasteiger partial charge in [-0.05, 0) is 48.6 Å². The molecule has 1 N–H and O–H groups in total. The van der Waals surface area contributed by atoms with Gasteiger partial charge in [0.05, 0.1) is 19.2 Å². The lowest BCUT2D eigenvalue weighted by Gasteiger charge is -2.29. The molecule has 1 saturated heterocycles. The molecule has 7 nitrogen and oxygen atoms in total. The van der Waals surface area contributed by atoms with Crippen molar-refractivity contribution in [3.63, 3.8) is 0 Å². The predicted octanol–water partition coefficient (Wildman–Crippen LogP) is 2.33. The van der Waals surface area contributed by atoms with Crippen LogP contribution in [-0.2, 0) is 19.1 Å². The molecule has 0 saturated carbocycles. The standard InChI is InChI=1S/C20H18FN3O4S/c1-28-18(26)12-23(20(29)22-14-5-3-2-4-6-14)16-11-17(25)24(19(16)27)15-9-7-13(21)8-10-15/h2-10,16H,11-12H2,1H3,(H,22,29). The Labute approximate surface area is 172 Å². The Hall–Kier alpha value is -3.33. The Bertz CT molecular complexity index is 937. The first-order valence-corrected chi connectivity index (χ1v) is 9.13. The molecule has 1 fully saturated rings. The van der Waals surface area contributed by atoms with E-state index in [1.807, 2.05) is 6.07 Å². The van der Waals surface area contributed by atoms with Gasteiger partial charge in [0.25, 0.3) is 5.91 Å². The van der Waals surface area contributed by atoms with Gasteiger partial charge in [-0.15, -0.1) is 0 Å². The smallest absolute Gasteiger partial charge is 0.325 e. The third-order valence-corrected chi connectivity index (χ3v) is 4.73. The van der Waals surface area contributed by atoms with Gasteiger partial charge in [-0.1, -0.05) is 18.2 Å². The summed E-state index contributed by atoms with van der Waals surface area (Å²) in [5, 5.41) is 3.07. The van der Waals surface area contributed by atoms with Gasteiger partial charge in [-0.3, -0.25) is 14.4 Å². The molecule has 150 valence electrons.